The molecule has 4 nitrogen and oxygen atoms in total. The third-order valence-electron chi connectivity index (χ3n) is 3.01. The minimum absolute atomic E-state index is 0.0243. The topological polar surface area (TPSA) is 55.8 Å². The predicted molar refractivity (Wildman–Crippen MR) is 88.1 cm³/mol. The summed E-state index contributed by atoms with van der Waals surface area (Å²) in [5.41, 5.74) is 2.52. The van der Waals surface area contributed by atoms with E-state index in [2.05, 4.69) is 15.9 Å². The van der Waals surface area contributed by atoms with E-state index in [0.717, 1.165) is 15.6 Å². The Kier molecular flexibility index (Phi) is 5.98. The SMILES string of the molecule is CCOC(=O)c1ccc(-c2ccc(OCCO)c(Br)c2)cc1. The fourth-order valence-corrected chi connectivity index (χ4v) is 2.46. The van der Waals surface area contributed by atoms with E-state index in [0.29, 0.717) is 17.9 Å². The molecule has 0 bridgehead atoms. The van der Waals surface area contributed by atoms with Gasteiger partial charge in [0.15, 0.2) is 0 Å². The Hall–Kier alpha value is -1.85. The maximum atomic E-state index is 11.6. The first kappa shape index (κ1) is 16.5. The van der Waals surface area contributed by atoms with Crippen molar-refractivity contribution in [3.8, 4) is 16.9 Å². The smallest absolute Gasteiger partial charge is 0.338 e. The second-order valence-corrected chi connectivity index (χ2v) is 5.37. The molecule has 0 spiro atoms. The zero-order valence-corrected chi connectivity index (χ0v) is 13.8. The van der Waals surface area contributed by atoms with E-state index < -0.39 is 0 Å². The van der Waals surface area contributed by atoms with Crippen LogP contribution in [0, 0.1) is 0 Å². The molecule has 2 aromatic carbocycles. The molecule has 0 atom stereocenters. The summed E-state index contributed by atoms with van der Waals surface area (Å²) in [4.78, 5) is 11.6. The minimum atomic E-state index is -0.317. The number of rotatable bonds is 6. The fraction of sp³-hybridized carbons (Fsp3) is 0.235. The minimum Gasteiger partial charge on any atom is -0.490 e. The van der Waals surface area contributed by atoms with Crippen molar-refractivity contribution in [1.29, 1.82) is 0 Å². The van der Waals surface area contributed by atoms with Crippen LogP contribution >= 0.6 is 15.9 Å². The van der Waals surface area contributed by atoms with Crippen LogP contribution < -0.4 is 4.74 Å². The lowest BCUT2D eigenvalue weighted by Crippen LogP contribution is -2.04. The molecule has 0 fully saturated rings. The van der Waals surface area contributed by atoms with Gasteiger partial charge in [-0.05, 0) is 58.2 Å². The molecule has 1 N–H and O–H groups in total. The molecule has 0 saturated heterocycles. The van der Waals surface area contributed by atoms with Gasteiger partial charge >= 0.3 is 5.97 Å². The van der Waals surface area contributed by atoms with Gasteiger partial charge in [-0.25, -0.2) is 4.79 Å². The van der Waals surface area contributed by atoms with E-state index in [4.69, 9.17) is 14.6 Å². The zero-order valence-electron chi connectivity index (χ0n) is 12.2. The first-order valence-electron chi connectivity index (χ1n) is 6.96. The number of aliphatic hydroxyl groups is 1. The van der Waals surface area contributed by atoms with Crippen molar-refractivity contribution in [3.05, 3.63) is 52.5 Å². The van der Waals surface area contributed by atoms with Crippen LogP contribution in [0.1, 0.15) is 17.3 Å². The van der Waals surface area contributed by atoms with Crippen molar-refractivity contribution >= 4 is 21.9 Å². The molecular weight excluding hydrogens is 348 g/mol. The molecule has 2 rings (SSSR count). The summed E-state index contributed by atoms with van der Waals surface area (Å²) in [7, 11) is 0. The Bertz CT molecular complexity index is 638. The Morgan fingerprint density at radius 3 is 2.41 bits per heavy atom. The summed E-state index contributed by atoms with van der Waals surface area (Å²) in [6.45, 7) is 2.38. The predicted octanol–water partition coefficient (Wildman–Crippen LogP) is 3.66. The molecule has 0 aromatic heterocycles. The quantitative estimate of drug-likeness (QED) is 0.794. The summed E-state index contributed by atoms with van der Waals surface area (Å²) in [5.74, 6) is 0.365. The number of aliphatic hydroxyl groups excluding tert-OH is 1. The second-order valence-electron chi connectivity index (χ2n) is 4.52. The van der Waals surface area contributed by atoms with Gasteiger partial charge in [-0.3, -0.25) is 0 Å². The average molecular weight is 365 g/mol. The van der Waals surface area contributed by atoms with Crippen LogP contribution in [-0.2, 0) is 4.74 Å². The molecule has 2 aromatic rings. The molecule has 22 heavy (non-hydrogen) atoms. The molecule has 0 aliphatic carbocycles. The van der Waals surface area contributed by atoms with Crippen molar-refractivity contribution in [2.24, 2.45) is 0 Å². The van der Waals surface area contributed by atoms with Crippen molar-refractivity contribution in [1.82, 2.24) is 0 Å². The zero-order chi connectivity index (χ0) is 15.9. The summed E-state index contributed by atoms with van der Waals surface area (Å²) < 4.78 is 11.2. The van der Waals surface area contributed by atoms with Gasteiger partial charge in [0.25, 0.3) is 0 Å². The van der Waals surface area contributed by atoms with Gasteiger partial charge in [-0.2, -0.15) is 0 Å². The lowest BCUT2D eigenvalue weighted by molar-refractivity contribution is 0.0526. The number of esters is 1. The lowest BCUT2D eigenvalue weighted by Gasteiger charge is -2.09. The molecule has 0 saturated carbocycles. The highest BCUT2D eigenvalue weighted by molar-refractivity contribution is 9.10. The van der Waals surface area contributed by atoms with Crippen molar-refractivity contribution in [2.75, 3.05) is 19.8 Å². The third kappa shape index (κ3) is 4.08. The maximum Gasteiger partial charge on any atom is 0.338 e. The fourth-order valence-electron chi connectivity index (χ4n) is 1.97. The molecule has 0 heterocycles. The number of halogens is 1. The van der Waals surface area contributed by atoms with Crippen molar-refractivity contribution < 1.29 is 19.4 Å². The first-order chi connectivity index (χ1) is 10.7. The van der Waals surface area contributed by atoms with Crippen molar-refractivity contribution in [3.63, 3.8) is 0 Å². The maximum absolute atomic E-state index is 11.6. The molecule has 0 aliphatic rings. The van der Waals surface area contributed by atoms with Gasteiger partial charge in [-0.1, -0.05) is 18.2 Å². The lowest BCUT2D eigenvalue weighted by atomic mass is 10.0. The highest BCUT2D eigenvalue weighted by Crippen LogP contribution is 2.30. The van der Waals surface area contributed by atoms with E-state index in [9.17, 15) is 4.79 Å². The van der Waals surface area contributed by atoms with E-state index >= 15 is 0 Å². The number of hydrogen-bond donors (Lipinski definition) is 1. The van der Waals surface area contributed by atoms with E-state index in [1.54, 1.807) is 19.1 Å². The number of hydrogen-bond acceptors (Lipinski definition) is 4. The van der Waals surface area contributed by atoms with E-state index in [-0.39, 0.29) is 19.2 Å². The van der Waals surface area contributed by atoms with Crippen LogP contribution in [0.5, 0.6) is 5.75 Å². The van der Waals surface area contributed by atoms with Crippen LogP contribution in [0.4, 0.5) is 0 Å². The van der Waals surface area contributed by atoms with Gasteiger partial charge in [0.1, 0.15) is 12.4 Å². The summed E-state index contributed by atoms with van der Waals surface area (Å²) in [6.07, 6.45) is 0. The molecule has 0 radical (unpaired) electrons. The van der Waals surface area contributed by atoms with E-state index in [1.165, 1.54) is 0 Å². The van der Waals surface area contributed by atoms with Crippen molar-refractivity contribution in [2.45, 2.75) is 6.92 Å². The van der Waals surface area contributed by atoms with Crippen LogP contribution in [0.15, 0.2) is 46.9 Å². The Labute approximate surface area is 137 Å². The van der Waals surface area contributed by atoms with E-state index in [1.807, 2.05) is 30.3 Å². The largest absolute Gasteiger partial charge is 0.490 e. The first-order valence-corrected chi connectivity index (χ1v) is 7.75. The number of carbonyl (C=O) groups excluding carboxylic acids is 1. The van der Waals surface area contributed by atoms with Gasteiger partial charge in [0, 0.05) is 0 Å². The molecule has 0 unspecified atom stereocenters. The Balaban J connectivity index is 2.18. The number of carbonyl (C=O) groups is 1. The second kappa shape index (κ2) is 7.96. The monoisotopic (exact) mass is 364 g/mol. The van der Waals surface area contributed by atoms with Gasteiger partial charge in [0.2, 0.25) is 0 Å². The van der Waals surface area contributed by atoms with Gasteiger partial charge < -0.3 is 14.6 Å². The summed E-state index contributed by atoms with van der Waals surface area (Å²) in [5, 5.41) is 8.78. The highest BCUT2D eigenvalue weighted by Gasteiger charge is 2.08. The van der Waals surface area contributed by atoms with Crippen LogP contribution in [0.3, 0.4) is 0 Å². The van der Waals surface area contributed by atoms with Crippen LogP contribution in [0.25, 0.3) is 11.1 Å². The van der Waals surface area contributed by atoms with Crippen LogP contribution in [-0.4, -0.2) is 30.9 Å². The normalized spacial score (nSPS) is 10.3. The molecule has 0 aliphatic heterocycles. The molecule has 0 amide bonds. The van der Waals surface area contributed by atoms with Gasteiger partial charge in [0.05, 0.1) is 23.2 Å². The Morgan fingerprint density at radius 1 is 1.14 bits per heavy atom. The average Bonchev–Trinajstić information content (AvgIpc) is 2.54. The summed E-state index contributed by atoms with van der Waals surface area (Å²) in [6, 6.07) is 13.0. The third-order valence-corrected chi connectivity index (χ3v) is 3.63. The highest BCUT2D eigenvalue weighted by atomic mass is 79.9. The van der Waals surface area contributed by atoms with Crippen LogP contribution in [0.2, 0.25) is 0 Å². The standard InChI is InChI=1S/C17H17BrO4/c1-2-21-17(20)13-5-3-12(4-6-13)14-7-8-16(15(18)11-14)22-10-9-19/h3-8,11,19H,2,9-10H2,1H3. The number of benzene rings is 2. The number of ether oxygens (including phenoxy) is 2. The summed E-state index contributed by atoms with van der Waals surface area (Å²) >= 11 is 3.45. The molecular formula is C17H17BrO4. The molecule has 5 heteroatoms. The van der Waals surface area contributed by atoms with Gasteiger partial charge in [-0.15, -0.1) is 0 Å². The Morgan fingerprint density at radius 2 is 1.82 bits per heavy atom. The molecule has 116 valence electrons.